The fourth-order valence-corrected chi connectivity index (χ4v) is 7.53. The molecule has 0 saturated heterocycles. The van der Waals surface area contributed by atoms with E-state index in [0.29, 0.717) is 58.1 Å². The second-order valence-electron chi connectivity index (χ2n) is 11.2. The Labute approximate surface area is 267 Å². The molecular formula is C32H33Cl2N3O6S. The highest BCUT2D eigenvalue weighted by atomic mass is 35.5. The number of halogens is 2. The van der Waals surface area contributed by atoms with Gasteiger partial charge in [0.05, 0.1) is 18.4 Å². The summed E-state index contributed by atoms with van der Waals surface area (Å²) in [5.41, 5.74) is 3.12. The summed E-state index contributed by atoms with van der Waals surface area (Å²) in [4.78, 5) is 41.1. The summed E-state index contributed by atoms with van der Waals surface area (Å²) in [5.74, 6) is -2.34. The molecule has 1 heterocycles. The lowest BCUT2D eigenvalue weighted by molar-refractivity contribution is -0.136. The predicted octanol–water partition coefficient (Wildman–Crippen LogP) is 4.69. The molecule has 232 valence electrons. The van der Waals surface area contributed by atoms with E-state index in [9.17, 15) is 22.8 Å². The Balaban J connectivity index is 1.51. The Morgan fingerprint density at radius 1 is 0.932 bits per heavy atom. The van der Waals surface area contributed by atoms with Crippen molar-refractivity contribution in [2.45, 2.75) is 62.6 Å². The normalized spacial score (nSPS) is 21.6. The molecule has 5 rings (SSSR count). The van der Waals surface area contributed by atoms with Crippen molar-refractivity contribution >= 4 is 51.9 Å². The standard InChI is InChI=1S/C32H33Cl2N3O6S/c33-21-13-14-24(25(34)18-21)30-29(31(40)35-16-15-19-9-11-20(12-10-19)17-28(38)39)22-5-1-2-6-23(22)32(41)37(30)27-8-4-3-7-26(27)36-44(42)43/h1-2,5-6,9-14,18,26-27,29-30,44H,3-4,7-8,15-17H2,(H,35,40)(H,38,39)(H,36,42,43)/t26-,27-,29+,30-/m0/s1. The molecule has 1 saturated carbocycles. The number of thiol groups is 1. The molecule has 2 amide bonds. The van der Waals surface area contributed by atoms with Gasteiger partial charge >= 0.3 is 5.97 Å². The summed E-state index contributed by atoms with van der Waals surface area (Å²) in [6.45, 7) is 0.301. The Kier molecular flexibility index (Phi) is 10.3. The van der Waals surface area contributed by atoms with Crippen LogP contribution in [0.2, 0.25) is 10.0 Å². The SMILES string of the molecule is O=C(O)Cc1ccc(CCNC(=O)[C@@H]2c3ccccc3C(=O)N([C@H]3CCCC[C@@H]3N[SH](=O)=O)[C@H]2c2ccc(Cl)cc2Cl)cc1. The van der Waals surface area contributed by atoms with E-state index in [-0.39, 0.29) is 18.2 Å². The highest BCUT2D eigenvalue weighted by Gasteiger charge is 2.49. The number of nitrogens with one attached hydrogen (secondary N) is 2. The van der Waals surface area contributed by atoms with Gasteiger partial charge < -0.3 is 15.3 Å². The summed E-state index contributed by atoms with van der Waals surface area (Å²) in [6.07, 6.45) is 3.17. The second-order valence-corrected chi connectivity index (χ2v) is 12.8. The lowest BCUT2D eigenvalue weighted by atomic mass is 9.76. The van der Waals surface area contributed by atoms with Gasteiger partial charge in [0.25, 0.3) is 5.91 Å². The average Bonchev–Trinajstić information content (AvgIpc) is 2.98. The van der Waals surface area contributed by atoms with E-state index in [4.69, 9.17) is 28.3 Å². The maximum absolute atomic E-state index is 14.3. The number of carboxylic acid groups (broad SMARTS) is 1. The molecule has 3 aromatic rings. The number of benzene rings is 3. The van der Waals surface area contributed by atoms with Gasteiger partial charge in [-0.2, -0.15) is 0 Å². The maximum atomic E-state index is 14.3. The fraction of sp³-hybridized carbons (Fsp3) is 0.344. The first-order valence-electron chi connectivity index (χ1n) is 14.5. The van der Waals surface area contributed by atoms with Crippen molar-refractivity contribution in [3.8, 4) is 0 Å². The number of carbonyl (C=O) groups excluding carboxylic acids is 2. The number of hydrogen-bond acceptors (Lipinski definition) is 5. The summed E-state index contributed by atoms with van der Waals surface area (Å²) in [5, 5.41) is 12.8. The van der Waals surface area contributed by atoms with Gasteiger partial charge in [-0.15, -0.1) is 0 Å². The van der Waals surface area contributed by atoms with Crippen LogP contribution in [0.3, 0.4) is 0 Å². The van der Waals surface area contributed by atoms with Crippen LogP contribution in [0.15, 0.2) is 66.7 Å². The van der Waals surface area contributed by atoms with E-state index in [1.165, 1.54) is 0 Å². The average molecular weight is 659 g/mol. The quantitative estimate of drug-likeness (QED) is 0.234. The fourth-order valence-electron chi connectivity index (χ4n) is 6.44. The van der Waals surface area contributed by atoms with Gasteiger partial charge in [-0.1, -0.05) is 84.6 Å². The largest absolute Gasteiger partial charge is 0.481 e. The molecule has 1 aliphatic carbocycles. The van der Waals surface area contributed by atoms with Gasteiger partial charge in [-0.05, 0) is 59.7 Å². The first kappa shape index (κ1) is 32.0. The van der Waals surface area contributed by atoms with Gasteiger partial charge in [0, 0.05) is 34.2 Å². The highest BCUT2D eigenvalue weighted by molar-refractivity contribution is 7.70. The van der Waals surface area contributed by atoms with Crippen LogP contribution in [0, 0.1) is 0 Å². The predicted molar refractivity (Wildman–Crippen MR) is 169 cm³/mol. The molecule has 0 unspecified atom stereocenters. The van der Waals surface area contributed by atoms with Crippen LogP contribution in [0.4, 0.5) is 0 Å². The number of hydrogen-bond donors (Lipinski definition) is 4. The maximum Gasteiger partial charge on any atom is 0.307 e. The lowest BCUT2D eigenvalue weighted by Gasteiger charge is -2.49. The zero-order valence-electron chi connectivity index (χ0n) is 23.7. The van der Waals surface area contributed by atoms with Gasteiger partial charge in [0.15, 0.2) is 0 Å². The van der Waals surface area contributed by atoms with Crippen LogP contribution >= 0.6 is 23.2 Å². The molecule has 44 heavy (non-hydrogen) atoms. The molecule has 12 heteroatoms. The Bertz CT molecular complexity index is 1620. The Morgan fingerprint density at radius 2 is 1.64 bits per heavy atom. The van der Waals surface area contributed by atoms with Crippen molar-refractivity contribution in [1.29, 1.82) is 0 Å². The summed E-state index contributed by atoms with van der Waals surface area (Å²) < 4.78 is 26.2. The third kappa shape index (κ3) is 7.10. The van der Waals surface area contributed by atoms with Crippen LogP contribution < -0.4 is 10.0 Å². The molecule has 1 fully saturated rings. The minimum Gasteiger partial charge on any atom is -0.481 e. The number of aliphatic carboxylic acids is 1. The molecule has 1 aliphatic heterocycles. The van der Waals surface area contributed by atoms with Gasteiger partial charge in [-0.25, -0.2) is 13.1 Å². The van der Waals surface area contributed by atoms with E-state index in [1.54, 1.807) is 59.5 Å². The van der Waals surface area contributed by atoms with E-state index < -0.39 is 40.9 Å². The zero-order chi connectivity index (χ0) is 31.4. The van der Waals surface area contributed by atoms with Gasteiger partial charge in [0.1, 0.15) is 0 Å². The molecule has 3 aromatic carbocycles. The number of amides is 2. The number of carbonyl (C=O) groups is 3. The van der Waals surface area contributed by atoms with Crippen molar-refractivity contribution in [2.24, 2.45) is 0 Å². The first-order chi connectivity index (χ1) is 21.1. The van der Waals surface area contributed by atoms with Crippen LogP contribution in [-0.2, 0) is 33.3 Å². The van der Waals surface area contributed by atoms with E-state index in [0.717, 1.165) is 18.4 Å². The number of carboxylic acids is 1. The Morgan fingerprint density at radius 3 is 2.34 bits per heavy atom. The molecule has 3 N–H and O–H groups in total. The first-order valence-corrected chi connectivity index (χ1v) is 16.4. The van der Waals surface area contributed by atoms with Crippen LogP contribution in [0.25, 0.3) is 0 Å². The topological polar surface area (TPSA) is 133 Å². The molecule has 0 spiro atoms. The van der Waals surface area contributed by atoms with Gasteiger partial charge in [-0.3, -0.25) is 14.4 Å². The number of rotatable bonds is 10. The number of fused-ring (bicyclic) bond motifs is 1. The third-order valence-corrected chi connectivity index (χ3v) is 9.49. The molecule has 4 atom stereocenters. The molecule has 0 radical (unpaired) electrons. The summed E-state index contributed by atoms with van der Waals surface area (Å²) >= 11 is 13.0. The van der Waals surface area contributed by atoms with Crippen molar-refractivity contribution in [3.63, 3.8) is 0 Å². The zero-order valence-corrected chi connectivity index (χ0v) is 26.2. The third-order valence-electron chi connectivity index (χ3n) is 8.39. The van der Waals surface area contributed by atoms with Crippen molar-refractivity contribution < 1.29 is 27.9 Å². The minimum atomic E-state index is -2.92. The highest BCUT2D eigenvalue weighted by Crippen LogP contribution is 2.47. The van der Waals surface area contributed by atoms with Crippen molar-refractivity contribution in [3.05, 3.63) is 105 Å². The van der Waals surface area contributed by atoms with E-state index in [1.807, 2.05) is 12.1 Å². The molecular weight excluding hydrogens is 625 g/mol. The molecule has 9 nitrogen and oxygen atoms in total. The van der Waals surface area contributed by atoms with Crippen molar-refractivity contribution in [1.82, 2.24) is 14.9 Å². The Hall–Kier alpha value is -3.44. The lowest BCUT2D eigenvalue weighted by Crippen LogP contribution is -2.58. The minimum absolute atomic E-state index is 0.0648. The second kappa shape index (κ2) is 14.1. The number of nitrogens with zero attached hydrogens (tertiary/aromatic N) is 1. The van der Waals surface area contributed by atoms with Crippen LogP contribution in [-0.4, -0.2) is 54.8 Å². The van der Waals surface area contributed by atoms with E-state index >= 15 is 0 Å². The van der Waals surface area contributed by atoms with E-state index in [2.05, 4.69) is 10.0 Å². The summed E-state index contributed by atoms with van der Waals surface area (Å²) in [7, 11) is -2.92. The molecule has 0 bridgehead atoms. The van der Waals surface area contributed by atoms with Gasteiger partial charge in [0.2, 0.25) is 16.8 Å². The van der Waals surface area contributed by atoms with Crippen LogP contribution in [0.5, 0.6) is 0 Å². The van der Waals surface area contributed by atoms with Crippen LogP contribution in [0.1, 0.15) is 70.3 Å². The summed E-state index contributed by atoms with van der Waals surface area (Å²) in [6, 6.07) is 17.3. The smallest absolute Gasteiger partial charge is 0.307 e. The monoisotopic (exact) mass is 657 g/mol. The van der Waals surface area contributed by atoms with Crippen molar-refractivity contribution in [2.75, 3.05) is 6.54 Å². The molecule has 0 aromatic heterocycles. The molecule has 2 aliphatic rings.